The first-order chi connectivity index (χ1) is 15.0. The maximum absolute atomic E-state index is 13.3. The Kier molecular flexibility index (Phi) is 10.7. The van der Waals surface area contributed by atoms with E-state index in [-0.39, 0.29) is 47.9 Å². The molecule has 3 rings (SSSR count). The molecule has 1 aliphatic rings. The molecule has 0 saturated carbocycles. The summed E-state index contributed by atoms with van der Waals surface area (Å²) in [6.45, 7) is 6.85. The molecule has 2 aromatic carbocycles. The van der Waals surface area contributed by atoms with Crippen LogP contribution in [0.4, 0.5) is 4.39 Å². The Morgan fingerprint density at radius 1 is 1.19 bits per heavy atom. The summed E-state index contributed by atoms with van der Waals surface area (Å²) in [4.78, 5) is 19.1. The molecule has 0 spiro atoms. The molecule has 2 atom stereocenters. The van der Waals surface area contributed by atoms with Crippen molar-refractivity contribution in [1.82, 2.24) is 15.5 Å². The first-order valence-electron chi connectivity index (χ1n) is 10.4. The summed E-state index contributed by atoms with van der Waals surface area (Å²) >= 11 is 6.07. The number of carbonyl (C=O) groups excluding carboxylic acids is 1. The molecule has 32 heavy (non-hydrogen) atoms. The van der Waals surface area contributed by atoms with Gasteiger partial charge in [0.1, 0.15) is 11.9 Å². The summed E-state index contributed by atoms with van der Waals surface area (Å²) in [5.41, 5.74) is 1.38. The van der Waals surface area contributed by atoms with Gasteiger partial charge in [0.2, 0.25) is 0 Å². The Morgan fingerprint density at radius 2 is 1.91 bits per heavy atom. The van der Waals surface area contributed by atoms with E-state index in [1.807, 2.05) is 13.8 Å². The topological polar surface area (TPSA) is 66.0 Å². The molecule has 6 nitrogen and oxygen atoms in total. The van der Waals surface area contributed by atoms with Gasteiger partial charge in [-0.15, -0.1) is 24.0 Å². The summed E-state index contributed by atoms with van der Waals surface area (Å²) in [5, 5.41) is 6.58. The van der Waals surface area contributed by atoms with Crippen molar-refractivity contribution in [3.8, 4) is 0 Å². The molecule has 0 radical (unpaired) electrons. The monoisotopic (exact) mass is 574 g/mol. The number of nitrogens with zero attached hydrogens (tertiary/aromatic N) is 2. The van der Waals surface area contributed by atoms with Gasteiger partial charge in [0.15, 0.2) is 5.96 Å². The van der Waals surface area contributed by atoms with Crippen molar-refractivity contribution in [1.29, 1.82) is 0 Å². The van der Waals surface area contributed by atoms with E-state index < -0.39 is 0 Å². The molecule has 1 fully saturated rings. The Balaban J connectivity index is 0.00000363. The predicted octanol–water partition coefficient (Wildman–Crippen LogP) is 4.25. The number of aliphatic imine (C=N–C) groups is 1. The van der Waals surface area contributed by atoms with Crippen LogP contribution in [0.3, 0.4) is 0 Å². The Labute approximate surface area is 210 Å². The minimum absolute atomic E-state index is 0. The number of amides is 1. The van der Waals surface area contributed by atoms with Gasteiger partial charge in [0, 0.05) is 19.6 Å². The minimum Gasteiger partial charge on any atom is -0.367 e. The van der Waals surface area contributed by atoms with Crippen LogP contribution in [-0.4, -0.2) is 55.6 Å². The highest BCUT2D eigenvalue weighted by atomic mass is 127. The Morgan fingerprint density at radius 3 is 2.59 bits per heavy atom. The van der Waals surface area contributed by atoms with Crippen LogP contribution in [0.1, 0.15) is 35.9 Å². The van der Waals surface area contributed by atoms with E-state index in [0.717, 1.165) is 18.1 Å². The number of rotatable bonds is 6. The van der Waals surface area contributed by atoms with Crippen molar-refractivity contribution >= 4 is 47.4 Å². The third-order valence-electron chi connectivity index (χ3n) is 4.91. The lowest BCUT2D eigenvalue weighted by atomic mass is 10.1. The summed E-state index contributed by atoms with van der Waals surface area (Å²) in [7, 11) is 0. The standard InChI is InChI=1S/C23H28ClFN4O2.HI/c1-3-26-23(28-13-12-27-22(30)19-6-4-5-7-20(19)24)29-14-16(2)31-21(15-29)17-8-10-18(25)11-9-17;/h4-11,16,21H,3,12-15H2,1-2H3,(H,26,28)(H,27,30);1H. The largest absolute Gasteiger partial charge is 0.367 e. The van der Waals surface area contributed by atoms with Gasteiger partial charge in [-0.25, -0.2) is 4.39 Å². The smallest absolute Gasteiger partial charge is 0.252 e. The number of hydrogen-bond donors (Lipinski definition) is 2. The summed E-state index contributed by atoms with van der Waals surface area (Å²) in [6.07, 6.45) is -0.180. The molecule has 2 unspecified atom stereocenters. The Hall–Kier alpha value is -1.91. The fourth-order valence-electron chi connectivity index (χ4n) is 3.48. The second-order valence-electron chi connectivity index (χ2n) is 7.36. The molecule has 0 bridgehead atoms. The van der Waals surface area contributed by atoms with E-state index in [1.54, 1.807) is 36.4 Å². The van der Waals surface area contributed by atoms with Gasteiger partial charge in [0.25, 0.3) is 5.91 Å². The molecule has 9 heteroatoms. The number of hydrogen-bond acceptors (Lipinski definition) is 3. The van der Waals surface area contributed by atoms with Crippen molar-refractivity contribution in [2.45, 2.75) is 26.1 Å². The van der Waals surface area contributed by atoms with E-state index in [1.165, 1.54) is 12.1 Å². The fourth-order valence-corrected chi connectivity index (χ4v) is 3.71. The van der Waals surface area contributed by atoms with Crippen molar-refractivity contribution in [3.05, 3.63) is 70.5 Å². The van der Waals surface area contributed by atoms with Gasteiger partial charge in [-0.05, 0) is 43.7 Å². The highest BCUT2D eigenvalue weighted by molar-refractivity contribution is 14.0. The molecule has 1 heterocycles. The van der Waals surface area contributed by atoms with Gasteiger partial charge >= 0.3 is 0 Å². The maximum atomic E-state index is 13.3. The predicted molar refractivity (Wildman–Crippen MR) is 136 cm³/mol. The average Bonchev–Trinajstić information content (AvgIpc) is 2.76. The van der Waals surface area contributed by atoms with Crippen molar-refractivity contribution in [2.24, 2.45) is 4.99 Å². The summed E-state index contributed by atoms with van der Waals surface area (Å²) in [6, 6.07) is 13.3. The van der Waals surface area contributed by atoms with Crippen LogP contribution >= 0.6 is 35.6 Å². The van der Waals surface area contributed by atoms with Gasteiger partial charge < -0.3 is 20.3 Å². The first kappa shape index (κ1) is 26.3. The number of nitrogens with one attached hydrogen (secondary N) is 2. The van der Waals surface area contributed by atoms with Gasteiger partial charge in [-0.1, -0.05) is 35.9 Å². The molecule has 2 N–H and O–H groups in total. The van der Waals surface area contributed by atoms with Crippen LogP contribution in [0.15, 0.2) is 53.5 Å². The molecule has 1 aliphatic heterocycles. The second-order valence-corrected chi connectivity index (χ2v) is 7.77. The van der Waals surface area contributed by atoms with E-state index >= 15 is 0 Å². The SMILES string of the molecule is CCNC(=NCCNC(=O)c1ccccc1Cl)N1CC(C)OC(c2ccc(F)cc2)C1.I. The number of carbonyl (C=O) groups is 1. The average molecular weight is 575 g/mol. The van der Waals surface area contributed by atoms with Crippen molar-refractivity contribution in [2.75, 3.05) is 32.7 Å². The van der Waals surface area contributed by atoms with Gasteiger partial charge in [-0.3, -0.25) is 9.79 Å². The zero-order valence-electron chi connectivity index (χ0n) is 18.2. The molecular weight excluding hydrogens is 546 g/mol. The van der Waals surface area contributed by atoms with E-state index in [9.17, 15) is 9.18 Å². The fraction of sp³-hybridized carbons (Fsp3) is 0.391. The molecule has 2 aromatic rings. The quantitative estimate of drug-likeness (QED) is 0.234. The van der Waals surface area contributed by atoms with Gasteiger partial charge in [0.05, 0.1) is 29.8 Å². The van der Waals surface area contributed by atoms with Crippen molar-refractivity contribution < 1.29 is 13.9 Å². The van der Waals surface area contributed by atoms with Crippen LogP contribution < -0.4 is 10.6 Å². The number of halogens is 3. The molecule has 0 aromatic heterocycles. The molecule has 1 amide bonds. The molecule has 174 valence electrons. The number of ether oxygens (including phenoxy) is 1. The van der Waals surface area contributed by atoms with Gasteiger partial charge in [-0.2, -0.15) is 0 Å². The van der Waals surface area contributed by atoms with Crippen LogP contribution in [0.2, 0.25) is 5.02 Å². The number of benzene rings is 2. The highest BCUT2D eigenvalue weighted by Crippen LogP contribution is 2.25. The van der Waals surface area contributed by atoms with Crippen LogP contribution in [-0.2, 0) is 4.74 Å². The Bertz CT molecular complexity index is 913. The minimum atomic E-state index is -0.266. The highest BCUT2D eigenvalue weighted by Gasteiger charge is 2.28. The summed E-state index contributed by atoms with van der Waals surface area (Å²) in [5.74, 6) is 0.275. The lowest BCUT2D eigenvalue weighted by molar-refractivity contribution is -0.0605. The lowest BCUT2D eigenvalue weighted by Crippen LogP contribution is -2.51. The van der Waals surface area contributed by atoms with E-state index in [4.69, 9.17) is 16.3 Å². The third-order valence-corrected chi connectivity index (χ3v) is 5.24. The van der Waals surface area contributed by atoms with Crippen LogP contribution in [0.25, 0.3) is 0 Å². The van der Waals surface area contributed by atoms with Crippen LogP contribution in [0.5, 0.6) is 0 Å². The van der Waals surface area contributed by atoms with Crippen LogP contribution in [0, 0.1) is 5.82 Å². The number of morpholine rings is 1. The molecule has 0 aliphatic carbocycles. The maximum Gasteiger partial charge on any atom is 0.252 e. The lowest BCUT2D eigenvalue weighted by Gasteiger charge is -2.38. The molecule has 1 saturated heterocycles. The third kappa shape index (κ3) is 7.31. The van der Waals surface area contributed by atoms with E-state index in [0.29, 0.717) is 36.8 Å². The second kappa shape index (κ2) is 13.0. The zero-order valence-corrected chi connectivity index (χ0v) is 21.3. The zero-order chi connectivity index (χ0) is 22.2. The first-order valence-corrected chi connectivity index (χ1v) is 10.8. The summed E-state index contributed by atoms with van der Waals surface area (Å²) < 4.78 is 19.4. The molecular formula is C23H29ClFIN4O2. The normalized spacial score (nSPS) is 18.6. The van der Waals surface area contributed by atoms with E-state index in [2.05, 4.69) is 20.5 Å². The number of guanidine groups is 1. The van der Waals surface area contributed by atoms with Crippen molar-refractivity contribution in [3.63, 3.8) is 0 Å².